The standard InChI is InChI=1S/C21H26O7/c1-11(2)20(24)27-18-9-15(10-22)8-16(26-14(5)23)6-12(3)7-17-19(18)13(4)21(25)28-17/h7-8,16-19,22H,1,4,6,9-10H2,2-3,5H3/b12-7+,15-8+. The Hall–Kier alpha value is -2.67. The van der Waals surface area contributed by atoms with Crippen LogP contribution in [0.3, 0.4) is 0 Å². The minimum Gasteiger partial charge on any atom is -0.458 e. The van der Waals surface area contributed by atoms with Crippen LogP contribution in [0.25, 0.3) is 0 Å². The molecule has 1 aliphatic carbocycles. The van der Waals surface area contributed by atoms with E-state index in [4.69, 9.17) is 14.2 Å². The summed E-state index contributed by atoms with van der Waals surface area (Å²) in [5.74, 6) is -2.21. The molecule has 0 bridgehead atoms. The van der Waals surface area contributed by atoms with Crippen LogP contribution in [0, 0.1) is 5.92 Å². The van der Waals surface area contributed by atoms with Crippen molar-refractivity contribution in [3.05, 3.63) is 47.6 Å². The molecular formula is C21H26O7. The second-order valence-electron chi connectivity index (χ2n) is 7.20. The number of fused-ring (bicyclic) bond motifs is 1. The molecular weight excluding hydrogens is 364 g/mol. The van der Waals surface area contributed by atoms with Crippen LogP contribution in [0.2, 0.25) is 0 Å². The SMILES string of the molecule is C=C(C)C(=O)OC1C/C(CO)=C\C(OC(C)=O)C/C(C)=C/C2OC(=O)C(=C)C21. The second-order valence-corrected chi connectivity index (χ2v) is 7.20. The van der Waals surface area contributed by atoms with Crippen molar-refractivity contribution in [2.24, 2.45) is 5.92 Å². The van der Waals surface area contributed by atoms with Gasteiger partial charge < -0.3 is 19.3 Å². The zero-order valence-electron chi connectivity index (χ0n) is 16.4. The molecule has 152 valence electrons. The Morgan fingerprint density at radius 2 is 1.93 bits per heavy atom. The van der Waals surface area contributed by atoms with Crippen molar-refractivity contribution in [1.82, 2.24) is 0 Å². The summed E-state index contributed by atoms with van der Waals surface area (Å²) in [7, 11) is 0. The van der Waals surface area contributed by atoms with Crippen LogP contribution >= 0.6 is 0 Å². The fraction of sp³-hybridized carbons (Fsp3) is 0.476. The number of carbonyl (C=O) groups excluding carboxylic acids is 3. The van der Waals surface area contributed by atoms with Crippen LogP contribution < -0.4 is 0 Å². The van der Waals surface area contributed by atoms with Gasteiger partial charge in [-0.1, -0.05) is 18.7 Å². The van der Waals surface area contributed by atoms with Gasteiger partial charge in [0.25, 0.3) is 0 Å². The maximum atomic E-state index is 12.2. The average molecular weight is 390 g/mol. The highest BCUT2D eigenvalue weighted by molar-refractivity contribution is 5.91. The van der Waals surface area contributed by atoms with E-state index >= 15 is 0 Å². The Morgan fingerprint density at radius 1 is 1.25 bits per heavy atom. The number of aliphatic hydroxyl groups is 1. The Bertz CT molecular complexity index is 759. The lowest BCUT2D eigenvalue weighted by molar-refractivity contribution is -0.147. The predicted molar refractivity (Wildman–Crippen MR) is 101 cm³/mol. The molecule has 1 aliphatic heterocycles. The fourth-order valence-electron chi connectivity index (χ4n) is 3.38. The van der Waals surface area contributed by atoms with Crippen molar-refractivity contribution in [2.75, 3.05) is 6.61 Å². The first-order valence-corrected chi connectivity index (χ1v) is 9.03. The number of hydrogen-bond donors (Lipinski definition) is 1. The molecule has 28 heavy (non-hydrogen) atoms. The van der Waals surface area contributed by atoms with Crippen LogP contribution in [0.15, 0.2) is 47.6 Å². The molecule has 1 fully saturated rings. The van der Waals surface area contributed by atoms with Crippen molar-refractivity contribution in [2.45, 2.75) is 51.9 Å². The number of carbonyl (C=O) groups is 3. The summed E-state index contributed by atoms with van der Waals surface area (Å²) in [6.07, 6.45) is 1.87. The molecule has 2 rings (SSSR count). The van der Waals surface area contributed by atoms with E-state index in [1.54, 1.807) is 12.2 Å². The van der Waals surface area contributed by atoms with E-state index in [1.165, 1.54) is 13.8 Å². The summed E-state index contributed by atoms with van der Waals surface area (Å²) in [4.78, 5) is 35.7. The zero-order valence-corrected chi connectivity index (χ0v) is 16.4. The molecule has 7 heteroatoms. The number of esters is 3. The first kappa shape index (κ1) is 21.6. The van der Waals surface area contributed by atoms with Crippen molar-refractivity contribution in [1.29, 1.82) is 0 Å². The van der Waals surface area contributed by atoms with Crippen molar-refractivity contribution in [3.8, 4) is 0 Å². The van der Waals surface area contributed by atoms with E-state index in [0.717, 1.165) is 5.57 Å². The Labute approximate surface area is 164 Å². The van der Waals surface area contributed by atoms with Crippen LogP contribution in [0.4, 0.5) is 0 Å². The lowest BCUT2D eigenvalue weighted by atomic mass is 9.85. The van der Waals surface area contributed by atoms with Gasteiger partial charge in [-0.3, -0.25) is 4.79 Å². The van der Waals surface area contributed by atoms with Gasteiger partial charge in [0.15, 0.2) is 0 Å². The molecule has 0 aromatic heterocycles. The Morgan fingerprint density at radius 3 is 2.50 bits per heavy atom. The highest BCUT2D eigenvalue weighted by atomic mass is 16.6. The molecule has 1 heterocycles. The summed E-state index contributed by atoms with van der Waals surface area (Å²) >= 11 is 0. The molecule has 0 radical (unpaired) electrons. The second kappa shape index (κ2) is 9.01. The molecule has 0 amide bonds. The van der Waals surface area contributed by atoms with Crippen molar-refractivity contribution in [3.63, 3.8) is 0 Å². The Kier molecular flexibility index (Phi) is 6.96. The molecule has 4 unspecified atom stereocenters. The molecule has 0 aromatic rings. The maximum absolute atomic E-state index is 12.2. The van der Waals surface area contributed by atoms with Gasteiger partial charge in [-0.05, 0) is 31.6 Å². The predicted octanol–water partition coefficient (Wildman–Crippen LogP) is 2.16. The molecule has 0 aromatic carbocycles. The van der Waals surface area contributed by atoms with Gasteiger partial charge in [-0.2, -0.15) is 0 Å². The molecule has 0 spiro atoms. The van der Waals surface area contributed by atoms with Crippen molar-refractivity contribution < 1.29 is 33.7 Å². The van der Waals surface area contributed by atoms with Crippen LogP contribution in [0.1, 0.15) is 33.6 Å². The minimum absolute atomic E-state index is 0.136. The highest BCUT2D eigenvalue weighted by Crippen LogP contribution is 2.36. The molecule has 2 aliphatic rings. The zero-order chi connectivity index (χ0) is 21.0. The first-order chi connectivity index (χ1) is 13.1. The lowest BCUT2D eigenvalue weighted by Gasteiger charge is -2.28. The number of hydrogen-bond acceptors (Lipinski definition) is 7. The number of ether oxygens (including phenoxy) is 3. The summed E-state index contributed by atoms with van der Waals surface area (Å²) < 4.78 is 16.3. The highest BCUT2D eigenvalue weighted by Gasteiger charge is 2.44. The number of aliphatic hydroxyl groups excluding tert-OH is 1. The molecule has 4 atom stereocenters. The third-order valence-electron chi connectivity index (χ3n) is 4.65. The summed E-state index contributed by atoms with van der Waals surface area (Å²) in [5.41, 5.74) is 1.77. The third-order valence-corrected chi connectivity index (χ3v) is 4.65. The topological polar surface area (TPSA) is 99.1 Å². The average Bonchev–Trinajstić information content (AvgIpc) is 2.85. The molecule has 1 saturated heterocycles. The van der Waals surface area contributed by atoms with Gasteiger partial charge in [0.05, 0.1) is 12.5 Å². The monoisotopic (exact) mass is 390 g/mol. The van der Waals surface area contributed by atoms with Crippen LogP contribution in [0.5, 0.6) is 0 Å². The summed E-state index contributed by atoms with van der Waals surface area (Å²) in [5, 5.41) is 9.81. The van der Waals surface area contributed by atoms with E-state index in [9.17, 15) is 19.5 Å². The first-order valence-electron chi connectivity index (χ1n) is 9.03. The van der Waals surface area contributed by atoms with Gasteiger partial charge >= 0.3 is 17.9 Å². The maximum Gasteiger partial charge on any atom is 0.334 e. The van der Waals surface area contributed by atoms with Crippen LogP contribution in [-0.2, 0) is 28.6 Å². The van der Waals surface area contributed by atoms with E-state index in [2.05, 4.69) is 13.2 Å². The van der Waals surface area contributed by atoms with Crippen LogP contribution in [-0.4, -0.2) is 47.9 Å². The normalized spacial score (nSPS) is 31.4. The summed E-state index contributed by atoms with van der Waals surface area (Å²) in [6.45, 7) is 11.7. The van der Waals surface area contributed by atoms with Gasteiger partial charge in [0, 0.05) is 30.9 Å². The van der Waals surface area contributed by atoms with Gasteiger partial charge in [0.2, 0.25) is 0 Å². The van der Waals surface area contributed by atoms with Gasteiger partial charge in [-0.15, -0.1) is 0 Å². The van der Waals surface area contributed by atoms with E-state index in [1.807, 2.05) is 6.92 Å². The number of rotatable bonds is 4. The van der Waals surface area contributed by atoms with Gasteiger partial charge in [-0.25, -0.2) is 9.59 Å². The molecule has 0 saturated carbocycles. The largest absolute Gasteiger partial charge is 0.458 e. The van der Waals surface area contributed by atoms with E-state index < -0.39 is 42.1 Å². The lowest BCUT2D eigenvalue weighted by Crippen LogP contribution is -2.34. The fourth-order valence-corrected chi connectivity index (χ4v) is 3.38. The van der Waals surface area contributed by atoms with E-state index in [-0.39, 0.29) is 24.2 Å². The minimum atomic E-state index is -0.799. The smallest absolute Gasteiger partial charge is 0.334 e. The van der Waals surface area contributed by atoms with Gasteiger partial charge in [0.1, 0.15) is 18.3 Å². The molecule has 7 nitrogen and oxygen atoms in total. The molecule has 1 N–H and O–H groups in total. The quantitative estimate of drug-likeness (QED) is 0.340. The Balaban J connectivity index is 2.48. The van der Waals surface area contributed by atoms with E-state index in [0.29, 0.717) is 12.0 Å². The summed E-state index contributed by atoms with van der Waals surface area (Å²) in [6, 6.07) is 0. The third kappa shape index (κ3) is 5.19. The van der Waals surface area contributed by atoms with Crippen molar-refractivity contribution >= 4 is 17.9 Å².